The third kappa shape index (κ3) is 2.69. The van der Waals surface area contributed by atoms with Gasteiger partial charge in [-0.1, -0.05) is 43.7 Å². The van der Waals surface area contributed by atoms with Crippen molar-refractivity contribution in [1.82, 2.24) is 4.90 Å². The highest BCUT2D eigenvalue weighted by Gasteiger charge is 2.73. The molecule has 0 radical (unpaired) electrons. The summed E-state index contributed by atoms with van der Waals surface area (Å²) in [5, 5.41) is 0. The van der Waals surface area contributed by atoms with Crippen LogP contribution in [0.4, 0.5) is 0 Å². The minimum Gasteiger partial charge on any atom is -0.403 e. The predicted molar refractivity (Wildman–Crippen MR) is 103 cm³/mol. The second kappa shape index (κ2) is 5.83. The number of benzene rings is 1. The van der Waals surface area contributed by atoms with Crippen LogP contribution in [0, 0.1) is 0 Å². The summed E-state index contributed by atoms with van der Waals surface area (Å²) < 4.78 is 13.0. The number of hydrogen-bond acceptors (Lipinski definition) is 3. The molecule has 136 valence electrons. The van der Waals surface area contributed by atoms with Crippen molar-refractivity contribution in [3.05, 3.63) is 35.9 Å². The Bertz CT molecular complexity index is 610. The standard InChI is InChI=1S/C21H32BNO2/c1-19(2)20(3,4)25-22(24-19)17-18(23-14-10-7-11-15-23)21(17,5)16-12-8-6-9-13-16/h6,8-9,12-13,17-18H,7,10-11,14-15H2,1-5H3/t17-,18+,21+/m1/s1. The van der Waals surface area contributed by atoms with E-state index in [9.17, 15) is 0 Å². The smallest absolute Gasteiger partial charge is 0.403 e. The molecule has 0 unspecified atom stereocenters. The van der Waals surface area contributed by atoms with Crippen LogP contribution >= 0.6 is 0 Å². The second-order valence-corrected chi connectivity index (χ2v) is 9.34. The number of piperidine rings is 1. The first-order chi connectivity index (χ1) is 11.8. The highest BCUT2D eigenvalue weighted by atomic mass is 16.7. The Balaban J connectivity index is 1.65. The third-order valence-corrected chi connectivity index (χ3v) is 7.28. The van der Waals surface area contributed by atoms with Gasteiger partial charge in [0, 0.05) is 17.3 Å². The molecular formula is C21H32BNO2. The molecule has 3 fully saturated rings. The van der Waals surface area contributed by atoms with Crippen molar-refractivity contribution in [1.29, 1.82) is 0 Å². The number of likely N-dealkylation sites (tertiary alicyclic amines) is 1. The Labute approximate surface area is 153 Å². The molecule has 0 amide bonds. The minimum absolute atomic E-state index is 0.111. The van der Waals surface area contributed by atoms with Crippen LogP contribution < -0.4 is 0 Å². The van der Waals surface area contributed by atoms with Gasteiger partial charge in [-0.2, -0.15) is 0 Å². The monoisotopic (exact) mass is 341 g/mol. The van der Waals surface area contributed by atoms with Crippen LogP contribution in [0.5, 0.6) is 0 Å². The van der Waals surface area contributed by atoms with E-state index < -0.39 is 0 Å². The van der Waals surface area contributed by atoms with Gasteiger partial charge in [-0.3, -0.25) is 4.90 Å². The van der Waals surface area contributed by atoms with E-state index in [0.29, 0.717) is 11.9 Å². The fourth-order valence-electron chi connectivity index (χ4n) is 4.95. The topological polar surface area (TPSA) is 21.7 Å². The van der Waals surface area contributed by atoms with E-state index >= 15 is 0 Å². The molecule has 2 saturated heterocycles. The van der Waals surface area contributed by atoms with Crippen molar-refractivity contribution in [2.24, 2.45) is 0 Å². The Hall–Kier alpha value is -0.835. The van der Waals surface area contributed by atoms with Gasteiger partial charge in [-0.25, -0.2) is 0 Å². The normalized spacial score (nSPS) is 37.2. The van der Waals surface area contributed by atoms with Crippen LogP contribution in [0.2, 0.25) is 5.82 Å². The molecule has 3 nitrogen and oxygen atoms in total. The maximum Gasteiger partial charge on any atom is 0.463 e. The number of nitrogens with zero attached hydrogens (tertiary/aromatic N) is 1. The molecule has 0 spiro atoms. The molecule has 0 N–H and O–H groups in total. The van der Waals surface area contributed by atoms with Gasteiger partial charge in [0.25, 0.3) is 0 Å². The maximum absolute atomic E-state index is 6.48. The molecule has 1 aliphatic carbocycles. The number of rotatable bonds is 3. The highest BCUT2D eigenvalue weighted by Crippen LogP contribution is 2.65. The van der Waals surface area contributed by atoms with Gasteiger partial charge >= 0.3 is 7.12 Å². The fraction of sp³-hybridized carbons (Fsp3) is 0.714. The van der Waals surface area contributed by atoms with Crippen LogP contribution in [0.15, 0.2) is 30.3 Å². The van der Waals surface area contributed by atoms with Crippen LogP contribution in [-0.2, 0) is 14.7 Å². The number of hydrogen-bond donors (Lipinski definition) is 0. The van der Waals surface area contributed by atoms with Crippen LogP contribution in [0.3, 0.4) is 0 Å². The molecule has 4 rings (SSSR count). The zero-order valence-corrected chi connectivity index (χ0v) is 16.4. The first-order valence-electron chi connectivity index (χ1n) is 9.93. The van der Waals surface area contributed by atoms with Crippen LogP contribution in [0.25, 0.3) is 0 Å². The first kappa shape index (κ1) is 17.6. The first-order valence-corrected chi connectivity index (χ1v) is 9.93. The van der Waals surface area contributed by atoms with E-state index in [1.54, 1.807) is 0 Å². The fourth-order valence-corrected chi connectivity index (χ4v) is 4.95. The van der Waals surface area contributed by atoms with Crippen LogP contribution in [0.1, 0.15) is 59.4 Å². The largest absolute Gasteiger partial charge is 0.463 e. The van der Waals surface area contributed by atoms with Crippen molar-refractivity contribution in [3.8, 4) is 0 Å². The SMILES string of the molecule is CC1(C)OB([C@@H]2[C@H](N3CCCCC3)[C@@]2(C)c2ccccc2)OC1(C)C. The molecule has 1 aromatic carbocycles. The van der Waals surface area contributed by atoms with E-state index in [1.165, 1.54) is 37.9 Å². The summed E-state index contributed by atoms with van der Waals surface area (Å²) in [5.41, 5.74) is 1.01. The maximum atomic E-state index is 6.48. The van der Waals surface area contributed by atoms with E-state index in [0.717, 1.165) is 0 Å². The molecule has 0 bridgehead atoms. The molecule has 4 heteroatoms. The molecule has 1 aromatic rings. The molecule has 1 saturated carbocycles. The summed E-state index contributed by atoms with van der Waals surface area (Å²) in [6, 6.07) is 11.5. The summed E-state index contributed by atoms with van der Waals surface area (Å²) in [4.78, 5) is 2.70. The molecule has 2 heterocycles. The van der Waals surface area contributed by atoms with Gasteiger partial charge in [-0.15, -0.1) is 0 Å². The molecule has 3 aliphatic rings. The Morgan fingerprint density at radius 1 is 0.880 bits per heavy atom. The molecular weight excluding hydrogens is 309 g/mol. The average molecular weight is 341 g/mol. The van der Waals surface area contributed by atoms with Gasteiger partial charge in [0.15, 0.2) is 0 Å². The zero-order valence-electron chi connectivity index (χ0n) is 16.4. The van der Waals surface area contributed by atoms with Crippen molar-refractivity contribution in [3.63, 3.8) is 0 Å². The van der Waals surface area contributed by atoms with Crippen molar-refractivity contribution >= 4 is 7.12 Å². The molecule has 25 heavy (non-hydrogen) atoms. The summed E-state index contributed by atoms with van der Waals surface area (Å²) in [7, 11) is -0.123. The Morgan fingerprint density at radius 3 is 2.00 bits per heavy atom. The summed E-state index contributed by atoms with van der Waals surface area (Å²) in [6.45, 7) is 13.5. The molecule has 3 atom stereocenters. The van der Waals surface area contributed by atoms with Gasteiger partial charge in [-0.05, 0) is 59.2 Å². The predicted octanol–water partition coefficient (Wildman–Crippen LogP) is 4.27. The minimum atomic E-state index is -0.260. The van der Waals surface area contributed by atoms with Crippen molar-refractivity contribution in [2.45, 2.75) is 82.4 Å². The molecule has 2 aliphatic heterocycles. The van der Waals surface area contributed by atoms with E-state index in [1.807, 2.05) is 0 Å². The third-order valence-electron chi connectivity index (χ3n) is 7.28. The summed E-state index contributed by atoms with van der Waals surface area (Å²) in [6.07, 6.45) is 4.00. The zero-order chi connectivity index (χ0) is 17.9. The highest BCUT2D eigenvalue weighted by molar-refractivity contribution is 6.50. The van der Waals surface area contributed by atoms with Gasteiger partial charge < -0.3 is 9.31 Å². The average Bonchev–Trinajstić information content (AvgIpc) is 3.15. The van der Waals surface area contributed by atoms with Gasteiger partial charge in [0.05, 0.1) is 11.2 Å². The quantitative estimate of drug-likeness (QED) is 0.766. The lowest BCUT2D eigenvalue weighted by atomic mass is 9.75. The lowest BCUT2D eigenvalue weighted by Crippen LogP contribution is -2.41. The summed E-state index contributed by atoms with van der Waals surface area (Å²) >= 11 is 0. The Morgan fingerprint density at radius 2 is 1.44 bits per heavy atom. The van der Waals surface area contributed by atoms with E-state index in [-0.39, 0.29) is 23.7 Å². The van der Waals surface area contributed by atoms with E-state index in [2.05, 4.69) is 69.9 Å². The molecule has 0 aromatic heterocycles. The lowest BCUT2D eigenvalue weighted by molar-refractivity contribution is 0.00578. The van der Waals surface area contributed by atoms with Crippen molar-refractivity contribution < 1.29 is 9.31 Å². The Kier molecular flexibility index (Phi) is 4.10. The summed E-state index contributed by atoms with van der Waals surface area (Å²) in [5.74, 6) is 0.397. The second-order valence-electron chi connectivity index (χ2n) is 9.34. The van der Waals surface area contributed by atoms with E-state index in [4.69, 9.17) is 9.31 Å². The lowest BCUT2D eigenvalue weighted by Gasteiger charge is -2.32. The van der Waals surface area contributed by atoms with Gasteiger partial charge in [0.2, 0.25) is 0 Å². The van der Waals surface area contributed by atoms with Crippen LogP contribution in [-0.4, -0.2) is 42.4 Å². The van der Waals surface area contributed by atoms with Gasteiger partial charge in [0.1, 0.15) is 0 Å². The van der Waals surface area contributed by atoms with Crippen molar-refractivity contribution in [2.75, 3.05) is 13.1 Å².